The van der Waals surface area contributed by atoms with E-state index in [0.717, 1.165) is 13.1 Å². The topological polar surface area (TPSA) is 73.3 Å². The fourth-order valence-electron chi connectivity index (χ4n) is 2.67. The van der Waals surface area contributed by atoms with Crippen molar-refractivity contribution in [3.8, 4) is 0 Å². The first kappa shape index (κ1) is 8.81. The molecule has 1 saturated heterocycles. The van der Waals surface area contributed by atoms with Crippen molar-refractivity contribution < 1.29 is 5.11 Å². The quantitative estimate of drug-likeness (QED) is 0.395. The Morgan fingerprint density at radius 3 is 2.62 bits per heavy atom. The Morgan fingerprint density at radius 2 is 2.31 bits per heavy atom. The molecule has 0 amide bonds. The summed E-state index contributed by atoms with van der Waals surface area (Å²) in [4.78, 5) is 1.89. The van der Waals surface area contributed by atoms with Crippen LogP contribution in [-0.4, -0.2) is 35.7 Å². The maximum atomic E-state index is 9.23. The molecule has 0 aromatic heterocycles. The van der Waals surface area contributed by atoms with Crippen LogP contribution in [0.1, 0.15) is 19.3 Å². The summed E-state index contributed by atoms with van der Waals surface area (Å²) in [5, 5.41) is 16.6. The third-order valence-electron chi connectivity index (χ3n) is 3.72. The van der Waals surface area contributed by atoms with Gasteiger partial charge in [0.2, 0.25) is 0 Å². The number of nitrogens with one attached hydrogen (secondary N) is 1. The third-order valence-corrected chi connectivity index (χ3v) is 3.72. The minimum Gasteiger partial charge on any atom is -0.396 e. The summed E-state index contributed by atoms with van der Waals surface area (Å²) >= 11 is 0. The van der Waals surface area contributed by atoms with Gasteiger partial charge in [0, 0.05) is 25.6 Å². The van der Waals surface area contributed by atoms with E-state index in [1.165, 1.54) is 19.3 Å². The molecule has 1 aliphatic heterocycles. The van der Waals surface area contributed by atoms with E-state index < -0.39 is 0 Å². The lowest BCUT2D eigenvalue weighted by Crippen LogP contribution is -2.40. The molecule has 0 bridgehead atoms. The Labute approximate surface area is 78.2 Å². The average molecular weight is 183 g/mol. The van der Waals surface area contributed by atoms with E-state index >= 15 is 0 Å². The average Bonchev–Trinajstić information content (AvgIpc) is 2.42. The van der Waals surface area contributed by atoms with E-state index in [9.17, 15) is 5.11 Å². The first-order valence-corrected chi connectivity index (χ1v) is 4.88. The summed E-state index contributed by atoms with van der Waals surface area (Å²) in [6.45, 7) is 1.89. The summed E-state index contributed by atoms with van der Waals surface area (Å²) < 4.78 is 0. The Hall–Kier alpha value is -0.770. The SMILES string of the molecule is N=C(N)N1C[C@@H](CO)C2(CCC2)C1. The van der Waals surface area contributed by atoms with Crippen molar-refractivity contribution in [2.75, 3.05) is 19.7 Å². The zero-order valence-electron chi connectivity index (χ0n) is 7.79. The van der Waals surface area contributed by atoms with E-state index in [-0.39, 0.29) is 12.6 Å². The molecule has 0 aromatic rings. The van der Waals surface area contributed by atoms with Crippen LogP contribution in [0, 0.1) is 16.7 Å². The molecule has 1 aliphatic carbocycles. The second-order valence-electron chi connectivity index (χ2n) is 4.36. The van der Waals surface area contributed by atoms with Crippen molar-refractivity contribution in [2.45, 2.75) is 19.3 Å². The molecule has 0 unspecified atom stereocenters. The van der Waals surface area contributed by atoms with E-state index in [1.54, 1.807) is 0 Å². The normalized spacial score (nSPS) is 30.5. The predicted molar refractivity (Wildman–Crippen MR) is 50.3 cm³/mol. The van der Waals surface area contributed by atoms with Crippen LogP contribution in [0.5, 0.6) is 0 Å². The zero-order valence-corrected chi connectivity index (χ0v) is 7.79. The molecule has 0 radical (unpaired) electrons. The number of aliphatic hydroxyl groups is 1. The molecule has 1 heterocycles. The predicted octanol–water partition coefficient (Wildman–Crippen LogP) is -0.0257. The molecule has 2 fully saturated rings. The van der Waals surface area contributed by atoms with Crippen molar-refractivity contribution in [1.29, 1.82) is 5.41 Å². The molecule has 1 atom stereocenters. The van der Waals surface area contributed by atoms with Gasteiger partial charge < -0.3 is 15.7 Å². The van der Waals surface area contributed by atoms with Crippen LogP contribution in [0.3, 0.4) is 0 Å². The maximum Gasteiger partial charge on any atom is 0.188 e. The van der Waals surface area contributed by atoms with Gasteiger partial charge >= 0.3 is 0 Å². The van der Waals surface area contributed by atoms with Gasteiger partial charge in [-0.1, -0.05) is 6.42 Å². The minimum atomic E-state index is 0.155. The van der Waals surface area contributed by atoms with Crippen molar-refractivity contribution in [1.82, 2.24) is 4.90 Å². The summed E-state index contributed by atoms with van der Waals surface area (Å²) in [5.41, 5.74) is 5.73. The standard InChI is InChI=1S/C9H17N3O/c10-8(11)12-4-7(5-13)9(6-12)2-1-3-9/h7,13H,1-6H2,(H3,10,11)/t7-/m0/s1. The van der Waals surface area contributed by atoms with Crippen LogP contribution < -0.4 is 5.73 Å². The number of hydrogen-bond donors (Lipinski definition) is 3. The minimum absolute atomic E-state index is 0.155. The molecule has 2 aliphatic rings. The molecule has 1 saturated carbocycles. The molecule has 4 nitrogen and oxygen atoms in total. The van der Waals surface area contributed by atoms with Crippen LogP contribution in [-0.2, 0) is 0 Å². The molecule has 0 aromatic carbocycles. The first-order chi connectivity index (χ1) is 6.18. The lowest BCUT2D eigenvalue weighted by molar-refractivity contribution is 0.0555. The van der Waals surface area contributed by atoms with Crippen LogP contribution in [0.4, 0.5) is 0 Å². The number of likely N-dealkylation sites (tertiary alicyclic amines) is 1. The Balaban J connectivity index is 2.08. The number of aliphatic hydroxyl groups excluding tert-OH is 1. The van der Waals surface area contributed by atoms with Crippen molar-refractivity contribution >= 4 is 5.96 Å². The van der Waals surface area contributed by atoms with Crippen LogP contribution >= 0.6 is 0 Å². The van der Waals surface area contributed by atoms with Gasteiger partial charge in [-0.25, -0.2) is 0 Å². The Bertz CT molecular complexity index is 225. The van der Waals surface area contributed by atoms with E-state index in [0.29, 0.717) is 11.3 Å². The Kier molecular flexibility index (Phi) is 1.95. The summed E-state index contributed by atoms with van der Waals surface area (Å²) in [7, 11) is 0. The zero-order chi connectivity index (χ0) is 9.47. The molecule has 2 rings (SSSR count). The lowest BCUT2D eigenvalue weighted by Gasteiger charge is -2.42. The Morgan fingerprint density at radius 1 is 1.62 bits per heavy atom. The third kappa shape index (κ3) is 1.20. The van der Waals surface area contributed by atoms with Gasteiger partial charge in [0.1, 0.15) is 0 Å². The largest absolute Gasteiger partial charge is 0.396 e. The number of rotatable bonds is 1. The number of guanidine groups is 1. The fourth-order valence-corrected chi connectivity index (χ4v) is 2.67. The maximum absolute atomic E-state index is 9.23. The van der Waals surface area contributed by atoms with Gasteiger partial charge in [-0.3, -0.25) is 5.41 Å². The van der Waals surface area contributed by atoms with Crippen molar-refractivity contribution in [3.05, 3.63) is 0 Å². The van der Waals surface area contributed by atoms with Gasteiger partial charge in [-0.15, -0.1) is 0 Å². The summed E-state index contributed by atoms with van der Waals surface area (Å²) in [5.74, 6) is 0.493. The van der Waals surface area contributed by atoms with E-state index in [1.807, 2.05) is 4.90 Å². The molecular weight excluding hydrogens is 166 g/mol. The lowest BCUT2D eigenvalue weighted by atomic mass is 9.63. The van der Waals surface area contributed by atoms with Gasteiger partial charge in [-0.05, 0) is 18.3 Å². The first-order valence-electron chi connectivity index (χ1n) is 4.88. The summed E-state index contributed by atoms with van der Waals surface area (Å²) in [6, 6.07) is 0. The van der Waals surface area contributed by atoms with Gasteiger partial charge in [0.25, 0.3) is 0 Å². The van der Waals surface area contributed by atoms with Gasteiger partial charge in [0.05, 0.1) is 0 Å². The monoisotopic (exact) mass is 183 g/mol. The van der Waals surface area contributed by atoms with Crippen LogP contribution in [0.25, 0.3) is 0 Å². The van der Waals surface area contributed by atoms with Crippen molar-refractivity contribution in [3.63, 3.8) is 0 Å². The highest BCUT2D eigenvalue weighted by Crippen LogP contribution is 2.51. The second-order valence-corrected chi connectivity index (χ2v) is 4.36. The highest BCUT2D eigenvalue weighted by atomic mass is 16.3. The number of nitrogens with zero attached hydrogens (tertiary/aromatic N) is 1. The molecule has 74 valence electrons. The molecule has 1 spiro atoms. The molecule has 4 N–H and O–H groups in total. The van der Waals surface area contributed by atoms with Crippen LogP contribution in [0.2, 0.25) is 0 Å². The highest BCUT2D eigenvalue weighted by Gasteiger charge is 2.50. The smallest absolute Gasteiger partial charge is 0.188 e. The second kappa shape index (κ2) is 2.87. The summed E-state index contributed by atoms with van der Waals surface area (Å²) in [6.07, 6.45) is 3.66. The number of nitrogens with two attached hydrogens (primary N) is 1. The van der Waals surface area contributed by atoms with Crippen LogP contribution in [0.15, 0.2) is 0 Å². The number of hydrogen-bond acceptors (Lipinski definition) is 2. The molecule has 13 heavy (non-hydrogen) atoms. The van der Waals surface area contributed by atoms with E-state index in [2.05, 4.69) is 0 Å². The van der Waals surface area contributed by atoms with Gasteiger partial charge in [-0.2, -0.15) is 0 Å². The van der Waals surface area contributed by atoms with Crippen molar-refractivity contribution in [2.24, 2.45) is 17.1 Å². The molecule has 4 heteroatoms. The fraction of sp³-hybridized carbons (Fsp3) is 0.889. The van der Waals surface area contributed by atoms with Gasteiger partial charge in [0.15, 0.2) is 5.96 Å². The highest BCUT2D eigenvalue weighted by molar-refractivity contribution is 5.75. The van der Waals surface area contributed by atoms with E-state index in [4.69, 9.17) is 11.1 Å². The molecular formula is C9H17N3O.